The predicted octanol–water partition coefficient (Wildman–Crippen LogP) is 15.5. The molecule has 5 aromatic heterocycles. The maximum Gasteiger partial charge on any atom is 0.162 e. The summed E-state index contributed by atoms with van der Waals surface area (Å²) in [4.78, 5) is 10.7. The zero-order valence-electron chi connectivity index (χ0n) is 34.4. The van der Waals surface area contributed by atoms with Crippen molar-refractivity contribution in [2.24, 2.45) is 0 Å². The number of benzene rings is 9. The van der Waals surface area contributed by atoms with Crippen molar-refractivity contribution < 1.29 is 0 Å². The molecule has 6 heteroatoms. The van der Waals surface area contributed by atoms with E-state index in [1.807, 2.05) is 17.4 Å². The molecule has 0 atom stereocenters. The third kappa shape index (κ3) is 5.17. The number of nitrogens with zero attached hydrogens (tertiary/aromatic N) is 5. The second-order valence-electron chi connectivity index (χ2n) is 16.6. The lowest BCUT2D eigenvalue weighted by atomic mass is 10.1. The van der Waals surface area contributed by atoms with E-state index in [4.69, 9.17) is 9.97 Å². The van der Waals surface area contributed by atoms with Gasteiger partial charge in [-0.15, -0.1) is 11.3 Å². The van der Waals surface area contributed by atoms with Crippen LogP contribution in [-0.4, -0.2) is 23.7 Å². The van der Waals surface area contributed by atoms with Gasteiger partial charge in [-0.1, -0.05) is 127 Å². The fourth-order valence-corrected chi connectivity index (χ4v) is 11.3. The van der Waals surface area contributed by atoms with E-state index >= 15 is 0 Å². The quantitative estimate of drug-likeness (QED) is 0.173. The van der Waals surface area contributed by atoms with Crippen LogP contribution in [0.15, 0.2) is 212 Å². The van der Waals surface area contributed by atoms with Gasteiger partial charge in [-0.3, -0.25) is 4.57 Å². The van der Waals surface area contributed by atoms with Crippen LogP contribution in [0.3, 0.4) is 0 Å². The van der Waals surface area contributed by atoms with Crippen molar-refractivity contribution in [3.05, 3.63) is 212 Å². The first-order valence-corrected chi connectivity index (χ1v) is 22.5. The molecular formula is C58H35N5S. The van der Waals surface area contributed by atoms with Crippen molar-refractivity contribution in [1.29, 1.82) is 0 Å². The third-order valence-electron chi connectivity index (χ3n) is 13.1. The molecule has 9 aromatic carbocycles. The Labute approximate surface area is 371 Å². The van der Waals surface area contributed by atoms with E-state index in [2.05, 4.69) is 220 Å². The fourth-order valence-electron chi connectivity index (χ4n) is 10.2. The van der Waals surface area contributed by atoms with Gasteiger partial charge in [0, 0.05) is 81.1 Å². The summed E-state index contributed by atoms with van der Waals surface area (Å²) in [5, 5.41) is 9.76. The lowest BCUT2D eigenvalue weighted by Gasteiger charge is -2.13. The summed E-state index contributed by atoms with van der Waals surface area (Å²) in [6.07, 6.45) is 0. The zero-order chi connectivity index (χ0) is 41.9. The van der Waals surface area contributed by atoms with E-state index in [-0.39, 0.29) is 0 Å². The summed E-state index contributed by atoms with van der Waals surface area (Å²) in [5.74, 6) is 1.50. The first kappa shape index (κ1) is 35.3. The van der Waals surface area contributed by atoms with Crippen molar-refractivity contribution in [2.45, 2.75) is 0 Å². The molecule has 0 bridgehead atoms. The molecule has 0 aliphatic heterocycles. The van der Waals surface area contributed by atoms with E-state index in [9.17, 15) is 0 Å². The fraction of sp³-hybridized carbons (Fsp3) is 0. The van der Waals surface area contributed by atoms with Gasteiger partial charge in [0.2, 0.25) is 0 Å². The van der Waals surface area contributed by atoms with Gasteiger partial charge in [-0.2, -0.15) is 0 Å². The summed E-state index contributed by atoms with van der Waals surface area (Å²) in [5.41, 5.74) is 12.0. The molecule has 0 aliphatic rings. The SMILES string of the molecule is c1ccc(-c2nc(-c3ccc4sc5ccccc5c4c3)cc(-n3c4ccc(-n5c6ccccc6c6ccccc65)cc4c4cc(-n5c6ccccc6c6ccccc65)ccc43)n2)cc1. The van der Waals surface area contributed by atoms with Crippen molar-refractivity contribution in [3.63, 3.8) is 0 Å². The molecule has 0 amide bonds. The molecule has 64 heavy (non-hydrogen) atoms. The van der Waals surface area contributed by atoms with E-state index in [0.717, 1.165) is 55.8 Å². The molecule has 0 spiro atoms. The average Bonchev–Trinajstić information content (AvgIpc) is 4.10. The Hall–Kier alpha value is -8.32. The van der Waals surface area contributed by atoms with E-state index in [1.54, 1.807) is 0 Å². The minimum absolute atomic E-state index is 0.683. The molecule has 298 valence electrons. The Morgan fingerprint density at radius 1 is 0.297 bits per heavy atom. The molecule has 0 unspecified atom stereocenters. The molecule has 0 saturated heterocycles. The molecule has 14 aromatic rings. The lowest BCUT2D eigenvalue weighted by Crippen LogP contribution is -2.03. The smallest absolute Gasteiger partial charge is 0.162 e. The van der Waals surface area contributed by atoms with Crippen LogP contribution in [0.4, 0.5) is 0 Å². The van der Waals surface area contributed by atoms with E-state index in [1.165, 1.54) is 63.8 Å². The Bertz CT molecular complexity index is 3930. The van der Waals surface area contributed by atoms with Crippen molar-refractivity contribution in [3.8, 4) is 39.8 Å². The van der Waals surface area contributed by atoms with Gasteiger partial charge >= 0.3 is 0 Å². The van der Waals surface area contributed by atoms with Crippen LogP contribution in [0.2, 0.25) is 0 Å². The number of hydrogen-bond acceptors (Lipinski definition) is 3. The largest absolute Gasteiger partial charge is 0.309 e. The second-order valence-corrected chi connectivity index (χ2v) is 17.7. The van der Waals surface area contributed by atoms with E-state index < -0.39 is 0 Å². The van der Waals surface area contributed by atoms with Crippen LogP contribution in [0.25, 0.3) is 125 Å². The highest BCUT2D eigenvalue weighted by Crippen LogP contribution is 2.41. The minimum Gasteiger partial charge on any atom is -0.309 e. The van der Waals surface area contributed by atoms with Crippen LogP contribution < -0.4 is 0 Å². The van der Waals surface area contributed by atoms with Crippen LogP contribution >= 0.6 is 11.3 Å². The number of hydrogen-bond donors (Lipinski definition) is 0. The third-order valence-corrected chi connectivity index (χ3v) is 14.2. The van der Waals surface area contributed by atoms with Crippen molar-refractivity contribution >= 4 is 96.9 Å². The highest BCUT2D eigenvalue weighted by molar-refractivity contribution is 7.25. The Kier molecular flexibility index (Phi) is 7.49. The summed E-state index contributed by atoms with van der Waals surface area (Å²) in [6.45, 7) is 0. The summed E-state index contributed by atoms with van der Waals surface area (Å²) in [6, 6.07) is 76.7. The topological polar surface area (TPSA) is 40.6 Å². The highest BCUT2D eigenvalue weighted by atomic mass is 32.1. The van der Waals surface area contributed by atoms with Crippen LogP contribution in [0, 0.1) is 0 Å². The maximum atomic E-state index is 5.43. The Morgan fingerprint density at radius 2 is 0.766 bits per heavy atom. The van der Waals surface area contributed by atoms with Gasteiger partial charge in [0.15, 0.2) is 5.82 Å². The minimum atomic E-state index is 0.683. The van der Waals surface area contributed by atoms with Gasteiger partial charge in [0.1, 0.15) is 5.82 Å². The van der Waals surface area contributed by atoms with Crippen LogP contribution in [0.1, 0.15) is 0 Å². The molecule has 0 radical (unpaired) electrons. The van der Waals surface area contributed by atoms with E-state index in [0.29, 0.717) is 5.82 Å². The average molecular weight is 834 g/mol. The summed E-state index contributed by atoms with van der Waals surface area (Å²) < 4.78 is 9.71. The predicted molar refractivity (Wildman–Crippen MR) is 269 cm³/mol. The molecular weight excluding hydrogens is 799 g/mol. The highest BCUT2D eigenvalue weighted by Gasteiger charge is 2.21. The van der Waals surface area contributed by atoms with Crippen molar-refractivity contribution in [1.82, 2.24) is 23.7 Å². The normalized spacial score (nSPS) is 12.1. The molecule has 14 rings (SSSR count). The monoisotopic (exact) mass is 833 g/mol. The zero-order valence-corrected chi connectivity index (χ0v) is 35.2. The van der Waals surface area contributed by atoms with Crippen molar-refractivity contribution in [2.75, 3.05) is 0 Å². The lowest BCUT2D eigenvalue weighted by molar-refractivity contribution is 1.05. The molecule has 5 heterocycles. The number of para-hydroxylation sites is 4. The van der Waals surface area contributed by atoms with Gasteiger partial charge in [0.05, 0.1) is 38.8 Å². The van der Waals surface area contributed by atoms with Gasteiger partial charge in [-0.05, 0) is 78.9 Å². The Balaban J connectivity index is 1.06. The second kappa shape index (κ2) is 13.6. The Morgan fingerprint density at radius 3 is 1.33 bits per heavy atom. The first-order chi connectivity index (χ1) is 31.7. The number of thiophene rings is 1. The number of aromatic nitrogens is 5. The number of fused-ring (bicyclic) bond motifs is 12. The molecule has 0 N–H and O–H groups in total. The van der Waals surface area contributed by atoms with Crippen LogP contribution in [0.5, 0.6) is 0 Å². The van der Waals surface area contributed by atoms with Crippen LogP contribution in [-0.2, 0) is 0 Å². The van der Waals surface area contributed by atoms with Gasteiger partial charge < -0.3 is 9.13 Å². The molecule has 0 aliphatic carbocycles. The maximum absolute atomic E-state index is 5.43. The summed E-state index contributed by atoms with van der Waals surface area (Å²) >= 11 is 1.83. The molecule has 0 saturated carbocycles. The molecule has 0 fully saturated rings. The molecule has 5 nitrogen and oxygen atoms in total. The number of rotatable bonds is 5. The van der Waals surface area contributed by atoms with Gasteiger partial charge in [0.25, 0.3) is 0 Å². The summed E-state index contributed by atoms with van der Waals surface area (Å²) in [7, 11) is 0. The standard InChI is InChI=1S/C58H35N5S/c1-2-14-36(15-3-1)58-59-48(37-26-31-56-47(32-37)44-20-8-13-25-55(44)64-56)35-57(60-58)63-53-29-27-38(61-49-21-9-4-16-40(49)41-17-5-10-22-50(41)61)33-45(53)46-34-39(28-30-54(46)63)62-51-23-11-6-18-42(51)43-19-7-12-24-52(43)62/h1-35H. The first-order valence-electron chi connectivity index (χ1n) is 21.7. The van der Waals surface area contributed by atoms with Gasteiger partial charge in [-0.25, -0.2) is 9.97 Å².